The van der Waals surface area contributed by atoms with Crippen LogP contribution >= 0.6 is 0 Å². The van der Waals surface area contributed by atoms with Crippen LogP contribution in [-0.2, 0) is 12.8 Å². The number of aliphatic hydroxyl groups excluding tert-OH is 1. The second-order valence-corrected chi connectivity index (χ2v) is 7.24. The monoisotopic (exact) mass is 378 g/mol. The van der Waals surface area contributed by atoms with E-state index in [-0.39, 0.29) is 12.5 Å². The van der Waals surface area contributed by atoms with Crippen molar-refractivity contribution < 1.29 is 9.90 Å². The zero-order valence-electron chi connectivity index (χ0n) is 16.2. The molecule has 0 aliphatic rings. The van der Waals surface area contributed by atoms with Crippen molar-refractivity contribution in [3.05, 3.63) is 77.9 Å². The van der Waals surface area contributed by atoms with E-state index in [1.807, 2.05) is 59.3 Å². The minimum Gasteiger partial charge on any atom is -0.394 e. The van der Waals surface area contributed by atoms with Crippen molar-refractivity contribution in [2.24, 2.45) is 5.92 Å². The number of hydrogen-bond donors (Lipinski definition) is 2. The highest BCUT2D eigenvalue weighted by Gasteiger charge is 2.19. The number of carbonyl (C=O) groups excluding carboxylic acids is 1. The van der Waals surface area contributed by atoms with E-state index in [2.05, 4.69) is 29.2 Å². The predicted octanol–water partition coefficient (Wildman–Crippen LogP) is 2.80. The van der Waals surface area contributed by atoms with E-state index < -0.39 is 6.04 Å². The first-order valence-electron chi connectivity index (χ1n) is 9.52. The van der Waals surface area contributed by atoms with Gasteiger partial charge in [-0.05, 0) is 42.7 Å². The fraction of sp³-hybridized carbons (Fsp3) is 0.318. The topological polar surface area (TPSA) is 80.0 Å². The van der Waals surface area contributed by atoms with Gasteiger partial charge in [0.25, 0.3) is 5.91 Å². The summed E-state index contributed by atoms with van der Waals surface area (Å²) in [6.45, 7) is 4.11. The first kappa shape index (κ1) is 19.8. The van der Waals surface area contributed by atoms with Gasteiger partial charge in [0.2, 0.25) is 0 Å². The molecule has 1 atom stereocenters. The number of hydrogen-bond acceptors (Lipinski definition) is 4. The average Bonchev–Trinajstić information content (AvgIpc) is 3.12. The summed E-state index contributed by atoms with van der Waals surface area (Å²) in [5.74, 6) is 0.138. The Morgan fingerprint density at radius 2 is 1.86 bits per heavy atom. The van der Waals surface area contributed by atoms with Crippen LogP contribution < -0.4 is 5.32 Å². The van der Waals surface area contributed by atoms with Crippen LogP contribution in [0.2, 0.25) is 0 Å². The van der Waals surface area contributed by atoms with Gasteiger partial charge in [0.1, 0.15) is 0 Å². The third kappa shape index (κ3) is 5.04. The van der Waals surface area contributed by atoms with E-state index in [0.717, 1.165) is 23.5 Å². The first-order valence-corrected chi connectivity index (χ1v) is 9.52. The molecule has 0 bridgehead atoms. The molecular weight excluding hydrogens is 352 g/mol. The number of rotatable bonds is 8. The van der Waals surface area contributed by atoms with Gasteiger partial charge in [0.15, 0.2) is 5.69 Å². The van der Waals surface area contributed by atoms with Crippen LogP contribution in [0.5, 0.6) is 0 Å². The molecule has 1 unspecified atom stereocenters. The van der Waals surface area contributed by atoms with Crippen molar-refractivity contribution in [2.45, 2.75) is 32.7 Å². The normalized spacial score (nSPS) is 12.1. The Labute approximate surface area is 165 Å². The summed E-state index contributed by atoms with van der Waals surface area (Å²) < 4.78 is 1.82. The van der Waals surface area contributed by atoms with E-state index in [9.17, 15) is 9.90 Å². The number of nitrogens with zero attached hydrogens (tertiary/aromatic N) is 3. The quantitative estimate of drug-likeness (QED) is 0.632. The van der Waals surface area contributed by atoms with Crippen LogP contribution in [0.1, 0.15) is 35.7 Å². The van der Waals surface area contributed by atoms with Crippen molar-refractivity contribution in [3.63, 3.8) is 0 Å². The van der Waals surface area contributed by atoms with Gasteiger partial charge in [0.05, 0.1) is 18.3 Å². The second-order valence-electron chi connectivity index (χ2n) is 7.24. The fourth-order valence-electron chi connectivity index (χ4n) is 3.08. The lowest BCUT2D eigenvalue weighted by molar-refractivity contribution is 0.0910. The van der Waals surface area contributed by atoms with Gasteiger partial charge in [-0.3, -0.25) is 9.78 Å². The van der Waals surface area contributed by atoms with Crippen molar-refractivity contribution in [1.82, 2.24) is 20.1 Å². The Kier molecular flexibility index (Phi) is 6.55. The van der Waals surface area contributed by atoms with E-state index in [0.29, 0.717) is 18.0 Å². The number of amides is 1. The minimum atomic E-state index is -0.419. The van der Waals surface area contributed by atoms with Crippen LogP contribution in [0.25, 0.3) is 5.69 Å². The molecule has 2 aromatic heterocycles. The third-order valence-electron chi connectivity index (χ3n) is 4.37. The molecule has 0 aliphatic carbocycles. The van der Waals surface area contributed by atoms with E-state index in [4.69, 9.17) is 0 Å². The number of pyridine rings is 1. The number of aromatic nitrogens is 3. The Balaban J connectivity index is 1.80. The molecule has 146 valence electrons. The second kappa shape index (κ2) is 9.28. The maximum Gasteiger partial charge on any atom is 0.272 e. The summed E-state index contributed by atoms with van der Waals surface area (Å²) in [6, 6.07) is 16.8. The van der Waals surface area contributed by atoms with Crippen LogP contribution in [0.15, 0.2) is 60.8 Å². The van der Waals surface area contributed by atoms with Crippen LogP contribution in [-0.4, -0.2) is 38.4 Å². The van der Waals surface area contributed by atoms with Gasteiger partial charge in [0, 0.05) is 24.0 Å². The average molecular weight is 378 g/mol. The highest BCUT2D eigenvalue weighted by atomic mass is 16.3. The highest BCUT2D eigenvalue weighted by Crippen LogP contribution is 2.16. The molecule has 0 saturated carbocycles. The smallest absolute Gasteiger partial charge is 0.272 e. The van der Waals surface area contributed by atoms with Crippen LogP contribution in [0.3, 0.4) is 0 Å². The van der Waals surface area contributed by atoms with E-state index in [1.165, 1.54) is 0 Å². The molecule has 0 radical (unpaired) electrons. The van der Waals surface area contributed by atoms with Gasteiger partial charge < -0.3 is 10.4 Å². The Morgan fingerprint density at radius 1 is 1.11 bits per heavy atom. The summed E-state index contributed by atoms with van der Waals surface area (Å²) >= 11 is 0. The Bertz CT molecular complexity index is 891. The molecule has 0 saturated heterocycles. The lowest BCUT2D eigenvalue weighted by Gasteiger charge is -2.15. The molecule has 2 N–H and O–H groups in total. The van der Waals surface area contributed by atoms with Gasteiger partial charge in [-0.1, -0.05) is 38.1 Å². The molecule has 28 heavy (non-hydrogen) atoms. The van der Waals surface area contributed by atoms with Crippen molar-refractivity contribution in [1.29, 1.82) is 0 Å². The zero-order valence-corrected chi connectivity index (χ0v) is 16.2. The maximum atomic E-state index is 12.8. The number of nitrogens with one attached hydrogen (secondary N) is 1. The Hall–Kier alpha value is -2.99. The lowest BCUT2D eigenvalue weighted by atomic mass is 10.1. The largest absolute Gasteiger partial charge is 0.394 e. The standard InChI is InChI=1S/C22H26N4O2/c1-16(2)12-20-14-21(25-26(20)19-9-4-3-5-10-19)22(28)24-18(15-27)13-17-8-6-7-11-23-17/h3-11,14,16,18,27H,12-13,15H2,1-2H3,(H,24,28). The molecule has 6 nitrogen and oxygen atoms in total. The van der Waals surface area contributed by atoms with Gasteiger partial charge in [-0.25, -0.2) is 4.68 Å². The van der Waals surface area contributed by atoms with Crippen molar-refractivity contribution >= 4 is 5.91 Å². The van der Waals surface area contributed by atoms with Gasteiger partial charge in [-0.2, -0.15) is 5.10 Å². The SMILES string of the molecule is CC(C)Cc1cc(C(=O)NC(CO)Cc2ccccn2)nn1-c1ccccc1. The van der Waals surface area contributed by atoms with Crippen LogP contribution in [0.4, 0.5) is 0 Å². The van der Waals surface area contributed by atoms with E-state index in [1.54, 1.807) is 6.20 Å². The number of para-hydroxylation sites is 1. The van der Waals surface area contributed by atoms with E-state index >= 15 is 0 Å². The first-order chi connectivity index (χ1) is 13.6. The number of carbonyl (C=O) groups is 1. The predicted molar refractivity (Wildman–Crippen MR) is 108 cm³/mol. The molecule has 2 heterocycles. The van der Waals surface area contributed by atoms with Crippen molar-refractivity contribution in [2.75, 3.05) is 6.61 Å². The minimum absolute atomic E-state index is 0.166. The molecule has 0 spiro atoms. The summed E-state index contributed by atoms with van der Waals surface area (Å²) in [4.78, 5) is 17.0. The summed E-state index contributed by atoms with van der Waals surface area (Å²) in [5.41, 5.74) is 3.07. The molecule has 0 fully saturated rings. The summed E-state index contributed by atoms with van der Waals surface area (Å²) in [6.07, 6.45) is 2.97. The molecule has 6 heteroatoms. The number of benzene rings is 1. The van der Waals surface area contributed by atoms with Crippen molar-refractivity contribution in [3.8, 4) is 5.69 Å². The van der Waals surface area contributed by atoms with Gasteiger partial charge >= 0.3 is 0 Å². The molecule has 3 rings (SSSR count). The fourth-order valence-corrected chi connectivity index (χ4v) is 3.08. The Morgan fingerprint density at radius 3 is 2.50 bits per heavy atom. The summed E-state index contributed by atoms with van der Waals surface area (Å²) in [7, 11) is 0. The zero-order chi connectivity index (χ0) is 19.9. The summed E-state index contributed by atoms with van der Waals surface area (Å²) in [5, 5.41) is 17.1. The molecule has 1 amide bonds. The lowest BCUT2D eigenvalue weighted by Crippen LogP contribution is -2.39. The molecular formula is C22H26N4O2. The van der Waals surface area contributed by atoms with Crippen LogP contribution in [0, 0.1) is 5.92 Å². The molecule has 0 aliphatic heterocycles. The maximum absolute atomic E-state index is 12.8. The number of aliphatic hydroxyl groups is 1. The molecule has 3 aromatic rings. The highest BCUT2D eigenvalue weighted by molar-refractivity contribution is 5.92. The molecule has 1 aromatic carbocycles. The third-order valence-corrected chi connectivity index (χ3v) is 4.37. The van der Waals surface area contributed by atoms with Gasteiger partial charge in [-0.15, -0.1) is 0 Å².